The molecule has 1 aromatic carbocycles. The highest BCUT2D eigenvalue weighted by atomic mass is 35.5. The van der Waals surface area contributed by atoms with Gasteiger partial charge in [0.05, 0.1) is 10.6 Å². The smallest absolute Gasteiger partial charge is 0.153 e. The van der Waals surface area contributed by atoms with Gasteiger partial charge in [-0.2, -0.15) is 0 Å². The molecule has 0 saturated carbocycles. The van der Waals surface area contributed by atoms with Crippen LogP contribution in [0, 0.1) is 5.92 Å². The molecule has 1 aromatic rings. The summed E-state index contributed by atoms with van der Waals surface area (Å²) in [5.41, 5.74) is 1.64. The van der Waals surface area contributed by atoms with Crippen LogP contribution in [0.25, 0.3) is 0 Å². The standard InChI is InChI=1S/C16H21ClN2O/c1-18-8-3-4-12-10-19(9-7-15(12)18)16-6-2-5-14(17)13(16)11-20/h2,5-6,11-12,15H,3-4,7-10H2,1H3. The van der Waals surface area contributed by atoms with E-state index >= 15 is 0 Å². The molecule has 2 aliphatic rings. The number of aldehydes is 1. The summed E-state index contributed by atoms with van der Waals surface area (Å²) in [7, 11) is 2.24. The molecule has 0 radical (unpaired) electrons. The van der Waals surface area contributed by atoms with Crippen LogP contribution in [0.1, 0.15) is 29.6 Å². The van der Waals surface area contributed by atoms with E-state index in [1.807, 2.05) is 12.1 Å². The highest BCUT2D eigenvalue weighted by molar-refractivity contribution is 6.33. The van der Waals surface area contributed by atoms with E-state index < -0.39 is 0 Å². The van der Waals surface area contributed by atoms with Gasteiger partial charge in [0.25, 0.3) is 0 Å². The van der Waals surface area contributed by atoms with Crippen molar-refractivity contribution < 1.29 is 4.79 Å². The second-order valence-corrected chi connectivity index (χ2v) is 6.38. The van der Waals surface area contributed by atoms with Crippen LogP contribution >= 0.6 is 11.6 Å². The summed E-state index contributed by atoms with van der Waals surface area (Å²) >= 11 is 6.14. The molecule has 2 fully saturated rings. The molecular formula is C16H21ClN2O. The monoisotopic (exact) mass is 292 g/mol. The van der Waals surface area contributed by atoms with Crippen molar-refractivity contribution in [3.8, 4) is 0 Å². The van der Waals surface area contributed by atoms with Crippen molar-refractivity contribution in [1.29, 1.82) is 0 Å². The van der Waals surface area contributed by atoms with Crippen molar-refractivity contribution in [3.63, 3.8) is 0 Å². The summed E-state index contributed by atoms with van der Waals surface area (Å²) < 4.78 is 0. The van der Waals surface area contributed by atoms with Crippen LogP contribution < -0.4 is 4.90 Å². The number of carbonyl (C=O) groups excluding carboxylic acids is 1. The van der Waals surface area contributed by atoms with Gasteiger partial charge in [-0.15, -0.1) is 0 Å². The van der Waals surface area contributed by atoms with E-state index in [1.54, 1.807) is 6.07 Å². The Kier molecular flexibility index (Phi) is 3.99. The van der Waals surface area contributed by atoms with Crippen molar-refractivity contribution in [2.24, 2.45) is 5.92 Å². The fraction of sp³-hybridized carbons (Fsp3) is 0.562. The minimum atomic E-state index is 0.556. The molecule has 3 rings (SSSR count). The third kappa shape index (κ3) is 2.45. The quantitative estimate of drug-likeness (QED) is 0.783. The minimum Gasteiger partial charge on any atom is -0.371 e. The maximum atomic E-state index is 11.3. The number of halogens is 1. The highest BCUT2D eigenvalue weighted by Gasteiger charge is 2.34. The summed E-state index contributed by atoms with van der Waals surface area (Å²) in [5, 5.41) is 0.556. The number of fused-ring (bicyclic) bond motifs is 1. The van der Waals surface area contributed by atoms with Crippen molar-refractivity contribution >= 4 is 23.6 Å². The van der Waals surface area contributed by atoms with Crippen LogP contribution in [-0.2, 0) is 0 Å². The molecule has 0 N–H and O–H groups in total. The largest absolute Gasteiger partial charge is 0.371 e. The van der Waals surface area contributed by atoms with E-state index in [-0.39, 0.29) is 0 Å². The lowest BCUT2D eigenvalue weighted by Crippen LogP contribution is -2.52. The van der Waals surface area contributed by atoms with Gasteiger partial charge in [0, 0.05) is 24.8 Å². The second-order valence-electron chi connectivity index (χ2n) is 5.98. The molecule has 20 heavy (non-hydrogen) atoms. The Bertz CT molecular complexity index is 505. The number of anilines is 1. The number of hydrogen-bond donors (Lipinski definition) is 0. The van der Waals surface area contributed by atoms with Crippen LogP contribution in [0.2, 0.25) is 5.02 Å². The van der Waals surface area contributed by atoms with Gasteiger partial charge in [0.15, 0.2) is 6.29 Å². The predicted octanol–water partition coefficient (Wildman–Crippen LogP) is 3.07. The maximum absolute atomic E-state index is 11.3. The van der Waals surface area contributed by atoms with Crippen LogP contribution in [0.4, 0.5) is 5.69 Å². The Balaban J connectivity index is 1.83. The Morgan fingerprint density at radius 3 is 2.95 bits per heavy atom. The Hall–Kier alpha value is -1.06. The van der Waals surface area contributed by atoms with Crippen LogP contribution in [0.3, 0.4) is 0 Å². The molecule has 2 aliphatic heterocycles. The maximum Gasteiger partial charge on any atom is 0.153 e. The summed E-state index contributed by atoms with van der Waals surface area (Å²) in [5.74, 6) is 0.709. The van der Waals surface area contributed by atoms with Gasteiger partial charge >= 0.3 is 0 Å². The first-order chi connectivity index (χ1) is 9.70. The summed E-state index contributed by atoms with van der Waals surface area (Å²) in [6.45, 7) is 3.26. The third-order valence-corrected chi connectivity index (χ3v) is 5.16. The Morgan fingerprint density at radius 1 is 1.30 bits per heavy atom. The van der Waals surface area contributed by atoms with E-state index in [1.165, 1.54) is 25.8 Å². The normalized spacial score (nSPS) is 27.2. The first-order valence-corrected chi connectivity index (χ1v) is 7.77. The van der Waals surface area contributed by atoms with E-state index in [2.05, 4.69) is 16.8 Å². The highest BCUT2D eigenvalue weighted by Crippen LogP contribution is 2.34. The molecule has 0 bridgehead atoms. The van der Waals surface area contributed by atoms with Crippen LogP contribution in [-0.4, -0.2) is 43.9 Å². The fourth-order valence-electron chi connectivity index (χ4n) is 3.79. The zero-order valence-electron chi connectivity index (χ0n) is 11.9. The molecule has 3 nitrogen and oxygen atoms in total. The zero-order chi connectivity index (χ0) is 14.1. The van der Waals surface area contributed by atoms with Crippen molar-refractivity contribution in [3.05, 3.63) is 28.8 Å². The number of piperidine rings is 2. The topological polar surface area (TPSA) is 23.6 Å². The number of nitrogens with zero attached hydrogens (tertiary/aromatic N) is 2. The molecule has 0 amide bonds. The third-order valence-electron chi connectivity index (χ3n) is 4.83. The lowest BCUT2D eigenvalue weighted by Gasteiger charge is -2.46. The molecule has 0 aliphatic carbocycles. The predicted molar refractivity (Wildman–Crippen MR) is 82.8 cm³/mol. The Morgan fingerprint density at radius 2 is 2.15 bits per heavy atom. The molecule has 2 saturated heterocycles. The second kappa shape index (κ2) is 5.74. The van der Waals surface area contributed by atoms with E-state index in [0.29, 0.717) is 22.5 Å². The van der Waals surface area contributed by atoms with Crippen LogP contribution in [0.5, 0.6) is 0 Å². The minimum absolute atomic E-state index is 0.556. The van der Waals surface area contributed by atoms with Crippen molar-refractivity contribution in [2.45, 2.75) is 25.3 Å². The Labute approximate surface area is 125 Å². The van der Waals surface area contributed by atoms with E-state index in [4.69, 9.17) is 11.6 Å². The molecule has 2 atom stereocenters. The lowest BCUT2D eigenvalue weighted by molar-refractivity contribution is 0.102. The molecule has 2 unspecified atom stereocenters. The molecule has 0 aromatic heterocycles. The molecule has 108 valence electrons. The number of carbonyl (C=O) groups is 1. The SMILES string of the molecule is CN1CCCC2CN(c3cccc(Cl)c3C=O)CCC21. The average molecular weight is 293 g/mol. The number of benzene rings is 1. The van der Waals surface area contributed by atoms with Gasteiger partial charge in [0.1, 0.15) is 0 Å². The summed E-state index contributed by atoms with van der Waals surface area (Å²) in [6, 6.07) is 6.45. The fourth-order valence-corrected chi connectivity index (χ4v) is 4.00. The van der Waals surface area contributed by atoms with E-state index in [0.717, 1.165) is 25.1 Å². The molecule has 4 heteroatoms. The number of likely N-dealkylation sites (tertiary alicyclic amines) is 1. The number of rotatable bonds is 2. The first-order valence-electron chi connectivity index (χ1n) is 7.39. The van der Waals surface area contributed by atoms with Crippen LogP contribution in [0.15, 0.2) is 18.2 Å². The first kappa shape index (κ1) is 13.9. The van der Waals surface area contributed by atoms with Gasteiger partial charge < -0.3 is 9.80 Å². The summed E-state index contributed by atoms with van der Waals surface area (Å²) in [6.07, 6.45) is 4.63. The van der Waals surface area contributed by atoms with Gasteiger partial charge in [-0.3, -0.25) is 4.79 Å². The summed E-state index contributed by atoms with van der Waals surface area (Å²) in [4.78, 5) is 16.2. The number of hydrogen-bond acceptors (Lipinski definition) is 3. The van der Waals surface area contributed by atoms with Crippen molar-refractivity contribution in [2.75, 3.05) is 31.6 Å². The van der Waals surface area contributed by atoms with Gasteiger partial charge in [-0.05, 0) is 50.9 Å². The zero-order valence-corrected chi connectivity index (χ0v) is 12.6. The molecule has 0 spiro atoms. The van der Waals surface area contributed by atoms with Gasteiger partial charge in [0.2, 0.25) is 0 Å². The molecular weight excluding hydrogens is 272 g/mol. The average Bonchev–Trinajstić information content (AvgIpc) is 2.47. The van der Waals surface area contributed by atoms with Crippen molar-refractivity contribution in [1.82, 2.24) is 4.90 Å². The lowest BCUT2D eigenvalue weighted by atomic mass is 9.84. The van der Waals surface area contributed by atoms with E-state index in [9.17, 15) is 4.79 Å². The molecule has 2 heterocycles. The van der Waals surface area contributed by atoms with Gasteiger partial charge in [-0.25, -0.2) is 0 Å². The van der Waals surface area contributed by atoms with Gasteiger partial charge in [-0.1, -0.05) is 17.7 Å².